The van der Waals surface area contributed by atoms with Crippen molar-refractivity contribution in [2.75, 3.05) is 10.5 Å². The summed E-state index contributed by atoms with van der Waals surface area (Å²) >= 11 is 0. The van der Waals surface area contributed by atoms with Gasteiger partial charge in [-0.1, -0.05) is 0 Å². The molecule has 0 unspecified atom stereocenters. The first-order chi connectivity index (χ1) is 9.72. The molecule has 2 aromatic rings. The molecular formula is C12H8F4N2O2S. The van der Waals surface area contributed by atoms with Gasteiger partial charge in [-0.3, -0.25) is 4.72 Å². The average molecular weight is 320 g/mol. The molecule has 2 aromatic carbocycles. The normalized spacial score (nSPS) is 11.4. The molecule has 4 nitrogen and oxygen atoms in total. The van der Waals surface area contributed by atoms with Gasteiger partial charge < -0.3 is 5.73 Å². The van der Waals surface area contributed by atoms with Gasteiger partial charge in [-0.25, -0.2) is 26.0 Å². The van der Waals surface area contributed by atoms with Crippen LogP contribution in [-0.4, -0.2) is 8.42 Å². The molecule has 0 radical (unpaired) electrons. The van der Waals surface area contributed by atoms with Gasteiger partial charge in [-0.15, -0.1) is 0 Å². The van der Waals surface area contributed by atoms with Gasteiger partial charge >= 0.3 is 0 Å². The zero-order valence-corrected chi connectivity index (χ0v) is 11.0. The predicted molar refractivity (Wildman–Crippen MR) is 67.9 cm³/mol. The Hall–Kier alpha value is -2.29. The highest BCUT2D eigenvalue weighted by Crippen LogP contribution is 2.26. The van der Waals surface area contributed by atoms with Crippen molar-refractivity contribution in [2.24, 2.45) is 0 Å². The maximum atomic E-state index is 13.6. The maximum absolute atomic E-state index is 13.6. The van der Waals surface area contributed by atoms with Crippen molar-refractivity contribution in [3.63, 3.8) is 0 Å². The van der Waals surface area contributed by atoms with E-state index in [0.29, 0.717) is 12.1 Å². The molecule has 112 valence electrons. The second kappa shape index (κ2) is 5.24. The number of benzene rings is 2. The lowest BCUT2D eigenvalue weighted by molar-refractivity contribution is 0.550. The Morgan fingerprint density at radius 3 is 2.24 bits per heavy atom. The van der Waals surface area contributed by atoms with Gasteiger partial charge in [0, 0.05) is 6.07 Å². The Morgan fingerprint density at radius 2 is 1.62 bits per heavy atom. The molecule has 0 bridgehead atoms. The third-order valence-electron chi connectivity index (χ3n) is 2.55. The van der Waals surface area contributed by atoms with E-state index >= 15 is 0 Å². The van der Waals surface area contributed by atoms with Crippen LogP contribution < -0.4 is 10.5 Å². The van der Waals surface area contributed by atoms with Crippen molar-refractivity contribution >= 4 is 21.4 Å². The monoisotopic (exact) mass is 320 g/mol. The summed E-state index contributed by atoms with van der Waals surface area (Å²) in [4.78, 5) is -0.883. The van der Waals surface area contributed by atoms with Gasteiger partial charge in [-0.05, 0) is 24.3 Å². The Morgan fingerprint density at radius 1 is 0.952 bits per heavy atom. The zero-order valence-electron chi connectivity index (χ0n) is 10.2. The quantitative estimate of drug-likeness (QED) is 0.674. The van der Waals surface area contributed by atoms with Crippen LogP contribution in [0.4, 0.5) is 28.9 Å². The van der Waals surface area contributed by atoms with E-state index < -0.39 is 49.6 Å². The standard InChI is InChI=1S/C12H8F4N2O2S/c13-6-1-4-10(8(15)5-6)21(19,20)18-9-3-2-7(14)12(17)11(9)16/h1-5,18H,17H2. The number of rotatable bonds is 3. The highest BCUT2D eigenvalue weighted by molar-refractivity contribution is 7.92. The topological polar surface area (TPSA) is 72.2 Å². The first kappa shape index (κ1) is 15.1. The molecule has 9 heteroatoms. The summed E-state index contributed by atoms with van der Waals surface area (Å²) in [5.41, 5.74) is 3.55. The maximum Gasteiger partial charge on any atom is 0.264 e. The molecule has 0 aliphatic carbocycles. The lowest BCUT2D eigenvalue weighted by Crippen LogP contribution is -2.16. The van der Waals surface area contributed by atoms with E-state index in [4.69, 9.17) is 5.73 Å². The van der Waals surface area contributed by atoms with Crippen LogP contribution in [-0.2, 0) is 10.0 Å². The van der Waals surface area contributed by atoms with Gasteiger partial charge in [-0.2, -0.15) is 0 Å². The minimum Gasteiger partial charge on any atom is -0.394 e. The molecule has 0 saturated carbocycles. The van der Waals surface area contributed by atoms with E-state index in [0.717, 1.165) is 18.2 Å². The van der Waals surface area contributed by atoms with E-state index in [-0.39, 0.29) is 0 Å². The Balaban J connectivity index is 2.45. The Kier molecular flexibility index (Phi) is 3.77. The van der Waals surface area contributed by atoms with E-state index in [2.05, 4.69) is 0 Å². The van der Waals surface area contributed by atoms with Gasteiger partial charge in [0.25, 0.3) is 10.0 Å². The molecule has 0 aliphatic rings. The highest BCUT2D eigenvalue weighted by Gasteiger charge is 2.22. The number of nitrogen functional groups attached to an aromatic ring is 1. The largest absolute Gasteiger partial charge is 0.394 e. The van der Waals surface area contributed by atoms with Crippen LogP contribution in [0.3, 0.4) is 0 Å². The fourth-order valence-electron chi connectivity index (χ4n) is 1.54. The summed E-state index contributed by atoms with van der Waals surface area (Å²) in [5, 5.41) is 0. The fourth-order valence-corrected chi connectivity index (χ4v) is 2.66. The number of anilines is 2. The van der Waals surface area contributed by atoms with Gasteiger partial charge in [0.2, 0.25) is 0 Å². The third kappa shape index (κ3) is 2.92. The molecule has 3 N–H and O–H groups in total. The minimum absolute atomic E-state index is 0.365. The SMILES string of the molecule is Nc1c(F)ccc(NS(=O)(=O)c2ccc(F)cc2F)c1F. The summed E-state index contributed by atoms with van der Waals surface area (Å²) in [6.45, 7) is 0. The smallest absolute Gasteiger partial charge is 0.264 e. The van der Waals surface area contributed by atoms with Crippen molar-refractivity contribution in [2.45, 2.75) is 4.90 Å². The average Bonchev–Trinajstić information content (AvgIpc) is 2.39. The molecule has 2 rings (SSSR count). The molecule has 0 spiro atoms. The zero-order chi connectivity index (χ0) is 15.8. The molecule has 0 fully saturated rings. The fraction of sp³-hybridized carbons (Fsp3) is 0. The molecule has 0 atom stereocenters. The molecule has 0 amide bonds. The minimum atomic E-state index is -4.52. The number of hydrogen-bond acceptors (Lipinski definition) is 3. The van der Waals surface area contributed by atoms with Crippen LogP contribution in [0.2, 0.25) is 0 Å². The third-order valence-corrected chi connectivity index (χ3v) is 3.95. The number of nitrogens with one attached hydrogen (secondary N) is 1. The highest BCUT2D eigenvalue weighted by atomic mass is 32.2. The van der Waals surface area contributed by atoms with Crippen LogP contribution in [0.15, 0.2) is 35.2 Å². The predicted octanol–water partition coefficient (Wildman–Crippen LogP) is 2.63. The molecule has 0 aliphatic heterocycles. The molecule has 21 heavy (non-hydrogen) atoms. The van der Waals surface area contributed by atoms with Gasteiger partial charge in [0.1, 0.15) is 28.0 Å². The molecule has 0 heterocycles. The second-order valence-electron chi connectivity index (χ2n) is 4.00. The van der Waals surface area contributed by atoms with Crippen molar-refractivity contribution in [1.29, 1.82) is 0 Å². The molecule has 0 aromatic heterocycles. The summed E-state index contributed by atoms with van der Waals surface area (Å²) in [6, 6.07) is 3.31. The van der Waals surface area contributed by atoms with Crippen LogP contribution >= 0.6 is 0 Å². The lowest BCUT2D eigenvalue weighted by atomic mass is 10.2. The van der Waals surface area contributed by atoms with Gasteiger partial charge in [0.15, 0.2) is 5.82 Å². The van der Waals surface area contributed by atoms with Crippen LogP contribution in [0.5, 0.6) is 0 Å². The Bertz CT molecular complexity index is 809. The van der Waals surface area contributed by atoms with E-state index in [1.165, 1.54) is 0 Å². The second-order valence-corrected chi connectivity index (χ2v) is 5.65. The van der Waals surface area contributed by atoms with Gasteiger partial charge in [0.05, 0.1) is 5.69 Å². The summed E-state index contributed by atoms with van der Waals surface area (Å²) in [6.07, 6.45) is 0. The number of nitrogens with two attached hydrogens (primary N) is 1. The van der Waals surface area contributed by atoms with Crippen LogP contribution in [0, 0.1) is 23.3 Å². The van der Waals surface area contributed by atoms with Crippen molar-refractivity contribution in [3.05, 3.63) is 53.6 Å². The summed E-state index contributed by atoms with van der Waals surface area (Å²) < 4.78 is 78.3. The van der Waals surface area contributed by atoms with E-state index in [1.54, 1.807) is 4.72 Å². The first-order valence-electron chi connectivity index (χ1n) is 5.43. The number of halogens is 4. The lowest BCUT2D eigenvalue weighted by Gasteiger charge is -2.11. The van der Waals surface area contributed by atoms with Crippen LogP contribution in [0.1, 0.15) is 0 Å². The Labute approximate surface area is 117 Å². The van der Waals surface area contributed by atoms with E-state index in [1.807, 2.05) is 0 Å². The van der Waals surface area contributed by atoms with Crippen LogP contribution in [0.25, 0.3) is 0 Å². The summed E-state index contributed by atoms with van der Waals surface area (Å²) in [7, 11) is -4.52. The summed E-state index contributed by atoms with van der Waals surface area (Å²) in [5.74, 6) is -4.72. The van der Waals surface area contributed by atoms with Crippen molar-refractivity contribution in [1.82, 2.24) is 0 Å². The van der Waals surface area contributed by atoms with Crippen molar-refractivity contribution in [3.8, 4) is 0 Å². The first-order valence-corrected chi connectivity index (χ1v) is 6.92. The van der Waals surface area contributed by atoms with Crippen molar-refractivity contribution < 1.29 is 26.0 Å². The molecular weight excluding hydrogens is 312 g/mol. The van der Waals surface area contributed by atoms with E-state index in [9.17, 15) is 26.0 Å². The number of sulfonamides is 1. The molecule has 0 saturated heterocycles. The number of hydrogen-bond donors (Lipinski definition) is 2.